The van der Waals surface area contributed by atoms with Crippen molar-refractivity contribution in [2.24, 2.45) is 4.99 Å². The maximum absolute atomic E-state index is 12.4. The number of halogens is 2. The highest BCUT2D eigenvalue weighted by molar-refractivity contribution is 14.2. The summed E-state index contributed by atoms with van der Waals surface area (Å²) in [5.41, 5.74) is 1.41. The van der Waals surface area contributed by atoms with Crippen molar-refractivity contribution < 1.29 is 9.72 Å². The second-order valence-corrected chi connectivity index (χ2v) is 8.57. The van der Waals surface area contributed by atoms with Gasteiger partial charge in [-0.15, -0.1) is 0 Å². The van der Waals surface area contributed by atoms with E-state index in [1.165, 1.54) is 36.0 Å². The summed E-state index contributed by atoms with van der Waals surface area (Å²) in [6, 6.07) is 9.13. The molecule has 2 aromatic carbocycles. The van der Waals surface area contributed by atoms with Gasteiger partial charge in [0.1, 0.15) is 0 Å². The van der Waals surface area contributed by atoms with Crippen molar-refractivity contribution in [2.45, 2.75) is 0 Å². The number of benzene rings is 2. The second kappa shape index (κ2) is 9.17. The molecule has 1 amide bonds. The zero-order valence-electron chi connectivity index (χ0n) is 14.2. The number of nitro groups is 1. The van der Waals surface area contributed by atoms with E-state index in [1.807, 2.05) is 10.5 Å². The molecule has 1 atom stereocenters. The van der Waals surface area contributed by atoms with Crippen molar-refractivity contribution in [1.82, 2.24) is 14.9 Å². The summed E-state index contributed by atoms with van der Waals surface area (Å²) in [5.74, 6) is -0.493. The number of amidine groups is 1. The van der Waals surface area contributed by atoms with Gasteiger partial charge in [0.2, 0.25) is 0 Å². The molecule has 0 aliphatic heterocycles. The van der Waals surface area contributed by atoms with E-state index >= 15 is 0 Å². The van der Waals surface area contributed by atoms with Crippen LogP contribution in [0.2, 0.25) is 5.02 Å². The van der Waals surface area contributed by atoms with E-state index in [9.17, 15) is 14.9 Å². The van der Waals surface area contributed by atoms with Crippen LogP contribution < -0.4 is 5.32 Å². The first-order valence-electron chi connectivity index (χ1n) is 7.66. The lowest BCUT2D eigenvalue weighted by Crippen LogP contribution is -2.28. The molecule has 8 nitrogen and oxygen atoms in total. The van der Waals surface area contributed by atoms with Crippen molar-refractivity contribution in [1.29, 1.82) is 0 Å². The Hall–Kier alpha value is -1.75. The number of hydrogen-bond donors (Lipinski definition) is 1. The van der Waals surface area contributed by atoms with Crippen LogP contribution in [-0.2, 0) is 0 Å². The molecule has 1 heterocycles. The summed E-state index contributed by atoms with van der Waals surface area (Å²) in [6.07, 6.45) is 3.89. The molecule has 1 unspecified atom stereocenters. The summed E-state index contributed by atoms with van der Waals surface area (Å²) in [6.45, 7) is 0. The van der Waals surface area contributed by atoms with E-state index in [-0.39, 0.29) is 11.3 Å². The van der Waals surface area contributed by atoms with Gasteiger partial charge in [-0.3, -0.25) is 14.9 Å². The minimum Gasteiger partial charge on any atom is -0.301 e. The first-order chi connectivity index (χ1) is 13.4. The molecule has 1 aromatic heterocycles. The predicted octanol–water partition coefficient (Wildman–Crippen LogP) is 5.17. The molecule has 12 heteroatoms. The smallest absolute Gasteiger partial charge is 0.270 e. The van der Waals surface area contributed by atoms with Crippen LogP contribution >= 0.6 is 51.8 Å². The number of nitrogens with one attached hydrogen (secondary N) is 1. The molecule has 0 saturated carbocycles. The fraction of sp³-hybridized carbons (Fsp3) is 0.0625. The lowest BCUT2D eigenvalue weighted by atomic mass is 10.2. The fourth-order valence-electron chi connectivity index (χ4n) is 2.37. The van der Waals surface area contributed by atoms with E-state index in [4.69, 9.17) is 11.6 Å². The van der Waals surface area contributed by atoms with Crippen LogP contribution in [-0.4, -0.2) is 31.8 Å². The van der Waals surface area contributed by atoms with E-state index in [0.717, 1.165) is 10.9 Å². The zero-order valence-corrected chi connectivity index (χ0v) is 18.9. The zero-order chi connectivity index (χ0) is 20.3. The molecular weight excluding hydrogens is 536 g/mol. The Bertz CT molecular complexity index is 1110. The number of nitro benzene ring substituents is 1. The lowest BCUT2D eigenvalue weighted by molar-refractivity contribution is -0.384. The maximum atomic E-state index is 12.4. The third-order valence-electron chi connectivity index (χ3n) is 3.70. The number of nitrogens with zero attached hydrogens (tertiary/aromatic N) is 4. The summed E-state index contributed by atoms with van der Waals surface area (Å²) in [4.78, 5) is 27.2. The third kappa shape index (κ3) is 4.45. The topological polar surface area (TPSA) is 102 Å². The predicted molar refractivity (Wildman–Crippen MR) is 124 cm³/mol. The van der Waals surface area contributed by atoms with Gasteiger partial charge in [-0.05, 0) is 46.5 Å². The summed E-state index contributed by atoms with van der Waals surface area (Å²) >= 11 is 9.93. The summed E-state index contributed by atoms with van der Waals surface area (Å²) < 4.78 is 1.84. The molecule has 0 aliphatic rings. The lowest BCUT2D eigenvalue weighted by Gasteiger charge is -2.08. The first-order valence-corrected chi connectivity index (χ1v) is 13.3. The first kappa shape index (κ1) is 21.0. The minimum atomic E-state index is -0.550. The number of aromatic nitrogens is 2. The van der Waals surface area contributed by atoms with Crippen LogP contribution in [0, 0.1) is 10.1 Å². The van der Waals surface area contributed by atoms with Gasteiger partial charge in [-0.1, -0.05) is 29.4 Å². The standard InChI is InChI=1S/C16H12ClIN5O3PS/c1-28-16(21-15(24)9-3-2-4-10(7-9)23(25)26)20-12-5-6-13-11(14(12)17)8-19-22(13)27-18/h2-8,27H,1H3,(H,20,21,24). The molecular formula is C16H12ClIN5O3PS. The average Bonchev–Trinajstić information content (AvgIpc) is 3.13. The Morgan fingerprint density at radius 2 is 2.21 bits per heavy atom. The van der Waals surface area contributed by atoms with E-state index in [1.54, 1.807) is 18.5 Å². The number of thioether (sulfide) groups is 1. The molecule has 1 N–H and O–H groups in total. The van der Waals surface area contributed by atoms with Gasteiger partial charge in [0.25, 0.3) is 11.6 Å². The van der Waals surface area contributed by atoms with Gasteiger partial charge in [0, 0.05) is 23.1 Å². The summed E-state index contributed by atoms with van der Waals surface area (Å²) in [7, 11) is 0. The number of aliphatic imine (C=N–C) groups is 1. The van der Waals surface area contributed by atoms with Crippen molar-refractivity contribution >= 4 is 85.1 Å². The second-order valence-electron chi connectivity index (χ2n) is 5.36. The molecule has 28 heavy (non-hydrogen) atoms. The van der Waals surface area contributed by atoms with Crippen LogP contribution in [0.5, 0.6) is 0 Å². The van der Waals surface area contributed by atoms with Crippen LogP contribution in [0.3, 0.4) is 0 Å². The fourth-order valence-corrected chi connectivity index (χ4v) is 4.55. The Morgan fingerprint density at radius 1 is 1.43 bits per heavy atom. The Labute approximate surface area is 183 Å². The number of amides is 1. The molecule has 0 fully saturated rings. The Kier molecular flexibility index (Phi) is 6.86. The van der Waals surface area contributed by atoms with Crippen LogP contribution in [0.25, 0.3) is 10.9 Å². The van der Waals surface area contributed by atoms with E-state index in [2.05, 4.69) is 37.4 Å². The average molecular weight is 548 g/mol. The molecule has 0 saturated heterocycles. The Balaban J connectivity index is 1.89. The highest BCUT2D eigenvalue weighted by Gasteiger charge is 2.14. The van der Waals surface area contributed by atoms with Gasteiger partial charge in [-0.2, -0.15) is 5.10 Å². The number of fused-ring (bicyclic) bond motifs is 1. The Morgan fingerprint density at radius 3 is 2.89 bits per heavy atom. The monoisotopic (exact) mass is 547 g/mol. The molecule has 0 spiro atoms. The largest absolute Gasteiger partial charge is 0.301 e. The van der Waals surface area contributed by atoms with Gasteiger partial charge in [0.15, 0.2) is 5.17 Å². The van der Waals surface area contributed by atoms with Crippen molar-refractivity contribution in [3.63, 3.8) is 0 Å². The van der Waals surface area contributed by atoms with Gasteiger partial charge >= 0.3 is 0 Å². The maximum Gasteiger partial charge on any atom is 0.270 e. The van der Waals surface area contributed by atoms with Crippen molar-refractivity contribution in [3.8, 4) is 0 Å². The molecule has 0 aliphatic carbocycles. The van der Waals surface area contributed by atoms with Crippen LogP contribution in [0.4, 0.5) is 11.4 Å². The summed E-state index contributed by atoms with van der Waals surface area (Å²) in [5, 5.41) is 19.4. The highest BCUT2D eigenvalue weighted by atomic mass is 127. The van der Waals surface area contributed by atoms with E-state index in [0.29, 0.717) is 22.3 Å². The van der Waals surface area contributed by atoms with Crippen LogP contribution in [0.15, 0.2) is 47.6 Å². The molecule has 0 radical (unpaired) electrons. The number of non-ortho nitro benzene ring substituents is 1. The van der Waals surface area contributed by atoms with Crippen molar-refractivity contribution in [2.75, 3.05) is 6.26 Å². The minimum absolute atomic E-state index is 0.156. The normalized spacial score (nSPS) is 12.0. The van der Waals surface area contributed by atoms with Gasteiger partial charge in [0.05, 0.1) is 33.7 Å². The van der Waals surface area contributed by atoms with Gasteiger partial charge < -0.3 is 5.32 Å². The quantitative estimate of drug-likeness (QED) is 0.121. The molecule has 3 rings (SSSR count). The highest BCUT2D eigenvalue weighted by Crippen LogP contribution is 2.36. The number of hydrogen-bond acceptors (Lipinski definition) is 6. The number of rotatable bonds is 4. The van der Waals surface area contributed by atoms with Crippen molar-refractivity contribution in [3.05, 3.63) is 63.3 Å². The molecule has 144 valence electrons. The third-order valence-corrected chi connectivity index (χ3v) is 6.57. The number of carbonyl (C=O) groups excluding carboxylic acids is 1. The molecule has 3 aromatic rings. The number of carbonyl (C=O) groups is 1. The van der Waals surface area contributed by atoms with Crippen LogP contribution in [0.1, 0.15) is 10.4 Å². The van der Waals surface area contributed by atoms with Gasteiger partial charge in [-0.25, -0.2) is 9.44 Å². The molecule has 0 bridgehead atoms. The SMILES string of the molecule is CSC(=Nc1ccc2c(cnn2PI)c1Cl)NC(=O)c1cccc([N+](=O)[O-])c1. The van der Waals surface area contributed by atoms with E-state index < -0.39 is 10.8 Å².